The minimum absolute atomic E-state index is 0.213. The van der Waals surface area contributed by atoms with Crippen LogP contribution in [0, 0.1) is 0 Å². The zero-order chi connectivity index (χ0) is 8.32. The van der Waals surface area contributed by atoms with Gasteiger partial charge in [0.05, 0.1) is 0 Å². The molecule has 0 radical (unpaired) electrons. The van der Waals surface area contributed by atoms with Crippen LogP contribution in [0.25, 0.3) is 0 Å². The minimum atomic E-state index is -2.89. The summed E-state index contributed by atoms with van der Waals surface area (Å²) in [4.78, 5) is 3.53. The lowest BCUT2D eigenvalue weighted by Crippen LogP contribution is -2.57. The monoisotopic (exact) mass is 159 g/mol. The Morgan fingerprint density at radius 1 is 1.45 bits per heavy atom. The van der Waals surface area contributed by atoms with Gasteiger partial charge in [0.15, 0.2) is 0 Å². The summed E-state index contributed by atoms with van der Waals surface area (Å²) in [6.45, 7) is -0.454. The highest BCUT2D eigenvalue weighted by atomic mass is 19.3. The number of alkyl halides is 2. The number of hydrogen-bond donors (Lipinski definition) is 1. The van der Waals surface area contributed by atoms with Crippen molar-refractivity contribution in [3.05, 3.63) is 30.1 Å². The second-order valence-corrected chi connectivity index (χ2v) is 2.17. The Bertz CT molecular complexity index is 223. The summed E-state index contributed by atoms with van der Waals surface area (Å²) in [7, 11) is 0. The molecule has 0 fully saturated rings. The normalized spacial score (nSPS) is 11.5. The van der Waals surface area contributed by atoms with Crippen LogP contribution < -0.4 is 5.73 Å². The van der Waals surface area contributed by atoms with Gasteiger partial charge in [-0.2, -0.15) is 8.78 Å². The van der Waals surface area contributed by atoms with E-state index in [1.54, 1.807) is 6.07 Å². The van der Waals surface area contributed by atoms with Gasteiger partial charge in [0.1, 0.15) is 12.2 Å². The van der Waals surface area contributed by atoms with E-state index >= 15 is 0 Å². The molecule has 1 rings (SSSR count). The molecule has 0 saturated carbocycles. The zero-order valence-corrected chi connectivity index (χ0v) is 5.93. The van der Waals surface area contributed by atoms with Crippen LogP contribution in [0.4, 0.5) is 8.78 Å². The van der Waals surface area contributed by atoms with Gasteiger partial charge in [-0.15, -0.1) is 0 Å². The molecule has 0 saturated heterocycles. The maximum Gasteiger partial charge on any atom is 0.336 e. The molecule has 0 unspecified atom stereocenters. The first kappa shape index (κ1) is 8.07. The first-order valence-electron chi connectivity index (χ1n) is 3.25. The number of rotatable bonds is 2. The minimum Gasteiger partial charge on any atom is -0.352 e. The number of hydrogen-bond acceptors (Lipinski definition) is 1. The van der Waals surface area contributed by atoms with Gasteiger partial charge in [0.25, 0.3) is 0 Å². The molecule has 1 aromatic heterocycles. The van der Waals surface area contributed by atoms with Crippen molar-refractivity contribution in [1.29, 1.82) is 0 Å². The summed E-state index contributed by atoms with van der Waals surface area (Å²) in [5.41, 5.74) is 2.93. The summed E-state index contributed by atoms with van der Waals surface area (Å²) >= 11 is 0. The molecule has 0 amide bonds. The molecule has 60 valence electrons. The molecule has 11 heavy (non-hydrogen) atoms. The van der Waals surface area contributed by atoms with E-state index in [2.05, 4.69) is 10.7 Å². The topological polar surface area (TPSA) is 40.5 Å². The van der Waals surface area contributed by atoms with E-state index in [4.69, 9.17) is 0 Å². The van der Waals surface area contributed by atoms with Crippen LogP contribution in [0.3, 0.4) is 0 Å². The van der Waals surface area contributed by atoms with Crippen molar-refractivity contribution in [3.63, 3.8) is 0 Å². The lowest BCUT2D eigenvalue weighted by Gasteiger charge is -2.09. The van der Waals surface area contributed by atoms with Crippen molar-refractivity contribution in [3.8, 4) is 0 Å². The predicted molar refractivity (Wildman–Crippen MR) is 35.9 cm³/mol. The molecular weight excluding hydrogens is 150 g/mol. The molecule has 0 aliphatic rings. The summed E-state index contributed by atoms with van der Waals surface area (Å²) < 4.78 is 25.5. The molecule has 0 aliphatic heterocycles. The Morgan fingerprint density at radius 2 is 2.18 bits per heavy atom. The summed E-state index contributed by atoms with van der Waals surface area (Å²) in [5.74, 6) is -2.89. The van der Waals surface area contributed by atoms with Crippen molar-refractivity contribution < 1.29 is 14.5 Å². The van der Waals surface area contributed by atoms with Gasteiger partial charge >= 0.3 is 5.92 Å². The van der Waals surface area contributed by atoms with Crippen molar-refractivity contribution >= 4 is 0 Å². The van der Waals surface area contributed by atoms with E-state index in [9.17, 15) is 8.78 Å². The second-order valence-electron chi connectivity index (χ2n) is 2.17. The smallest absolute Gasteiger partial charge is 0.336 e. The van der Waals surface area contributed by atoms with Gasteiger partial charge in [0.2, 0.25) is 0 Å². The van der Waals surface area contributed by atoms with E-state index < -0.39 is 12.5 Å². The Labute approximate surface area is 63.1 Å². The number of pyridine rings is 1. The van der Waals surface area contributed by atoms with Gasteiger partial charge in [0, 0.05) is 6.20 Å². The SMILES string of the molecule is [NH3+]CC(F)(F)c1ccccn1. The zero-order valence-electron chi connectivity index (χ0n) is 5.93. The standard InChI is InChI=1S/C7H8F2N2/c8-7(9,5-10)6-3-1-2-4-11-6/h1-4H,5,10H2/p+1. The molecular formula is C7H9F2N2+. The lowest BCUT2D eigenvalue weighted by atomic mass is 10.2. The molecule has 2 nitrogen and oxygen atoms in total. The Morgan fingerprint density at radius 3 is 2.64 bits per heavy atom. The Balaban J connectivity index is 2.93. The third-order valence-corrected chi connectivity index (χ3v) is 1.35. The van der Waals surface area contributed by atoms with Crippen molar-refractivity contribution in [2.24, 2.45) is 0 Å². The predicted octanol–water partition coefficient (Wildman–Crippen LogP) is 0.415. The average Bonchev–Trinajstić information content (AvgIpc) is 2.06. The van der Waals surface area contributed by atoms with Crippen LogP contribution in [0.15, 0.2) is 24.4 Å². The van der Waals surface area contributed by atoms with Crippen molar-refractivity contribution in [2.75, 3.05) is 6.54 Å². The fourth-order valence-electron chi connectivity index (χ4n) is 0.707. The van der Waals surface area contributed by atoms with Gasteiger partial charge in [-0.05, 0) is 12.1 Å². The molecule has 0 aliphatic carbocycles. The van der Waals surface area contributed by atoms with Gasteiger partial charge < -0.3 is 5.73 Å². The second kappa shape index (κ2) is 2.92. The highest BCUT2D eigenvalue weighted by Gasteiger charge is 2.33. The van der Waals surface area contributed by atoms with E-state index in [1.807, 2.05) is 0 Å². The van der Waals surface area contributed by atoms with Crippen molar-refractivity contribution in [1.82, 2.24) is 4.98 Å². The average molecular weight is 159 g/mol. The summed E-state index contributed by atoms with van der Waals surface area (Å²) in [6.07, 6.45) is 1.35. The maximum absolute atomic E-state index is 12.8. The third-order valence-electron chi connectivity index (χ3n) is 1.35. The molecule has 0 atom stereocenters. The number of aromatic nitrogens is 1. The first-order valence-corrected chi connectivity index (χ1v) is 3.25. The molecule has 0 spiro atoms. The molecule has 1 aromatic rings. The van der Waals surface area contributed by atoms with E-state index in [0.717, 1.165) is 0 Å². The fraction of sp³-hybridized carbons (Fsp3) is 0.286. The summed E-state index contributed by atoms with van der Waals surface area (Å²) in [5, 5.41) is 0. The van der Waals surface area contributed by atoms with E-state index in [1.165, 1.54) is 18.3 Å². The van der Waals surface area contributed by atoms with Crippen LogP contribution in [-0.4, -0.2) is 11.5 Å². The lowest BCUT2D eigenvalue weighted by molar-refractivity contribution is -0.410. The Hall–Kier alpha value is -1.03. The molecule has 0 bridgehead atoms. The van der Waals surface area contributed by atoms with Gasteiger partial charge in [-0.1, -0.05) is 6.07 Å². The van der Waals surface area contributed by atoms with Gasteiger partial charge in [-0.3, -0.25) is 4.98 Å². The maximum atomic E-state index is 12.8. The Kier molecular flexibility index (Phi) is 2.14. The van der Waals surface area contributed by atoms with Crippen LogP contribution >= 0.6 is 0 Å². The van der Waals surface area contributed by atoms with E-state index in [0.29, 0.717) is 0 Å². The number of quaternary nitrogens is 1. The first-order chi connectivity index (χ1) is 5.17. The van der Waals surface area contributed by atoms with Crippen LogP contribution in [0.5, 0.6) is 0 Å². The largest absolute Gasteiger partial charge is 0.352 e. The third kappa shape index (κ3) is 1.71. The fourth-order valence-corrected chi connectivity index (χ4v) is 0.707. The van der Waals surface area contributed by atoms with Gasteiger partial charge in [-0.25, -0.2) is 0 Å². The number of nitrogens with zero attached hydrogens (tertiary/aromatic N) is 1. The molecule has 3 N–H and O–H groups in total. The van der Waals surface area contributed by atoms with Crippen LogP contribution in [0.1, 0.15) is 5.69 Å². The molecule has 4 heteroatoms. The molecule has 1 heterocycles. The highest BCUT2D eigenvalue weighted by molar-refractivity contribution is 5.09. The summed E-state index contributed by atoms with van der Waals surface area (Å²) in [6, 6.07) is 4.43. The van der Waals surface area contributed by atoms with Crippen molar-refractivity contribution in [2.45, 2.75) is 5.92 Å². The van der Waals surface area contributed by atoms with Crippen LogP contribution in [-0.2, 0) is 5.92 Å². The number of halogens is 2. The van der Waals surface area contributed by atoms with Crippen LogP contribution in [0.2, 0.25) is 0 Å². The highest BCUT2D eigenvalue weighted by Crippen LogP contribution is 2.22. The van der Waals surface area contributed by atoms with E-state index in [-0.39, 0.29) is 5.69 Å². The quantitative estimate of drug-likeness (QED) is 0.667. The molecule has 0 aromatic carbocycles.